The van der Waals surface area contributed by atoms with Crippen molar-refractivity contribution in [3.63, 3.8) is 0 Å². The number of pyridine rings is 1. The van der Waals surface area contributed by atoms with Crippen molar-refractivity contribution in [3.05, 3.63) is 77.6 Å². The van der Waals surface area contributed by atoms with Crippen LogP contribution in [0.2, 0.25) is 0 Å². The SMILES string of the molecule is CC[C@H](NC(=O)c1cc(COc2cccc(F)c2)[nH]n1)c1cccnc1. The molecule has 0 aliphatic rings. The van der Waals surface area contributed by atoms with Crippen LogP contribution < -0.4 is 10.1 Å². The summed E-state index contributed by atoms with van der Waals surface area (Å²) in [6.07, 6.45) is 4.16. The molecule has 0 aliphatic heterocycles. The maximum atomic E-state index is 13.1. The lowest BCUT2D eigenvalue weighted by atomic mass is 10.1. The molecule has 0 bridgehead atoms. The van der Waals surface area contributed by atoms with E-state index >= 15 is 0 Å². The lowest BCUT2D eigenvalue weighted by Crippen LogP contribution is -2.28. The first-order valence-electron chi connectivity index (χ1n) is 8.29. The standard InChI is InChI=1S/C19H19FN4O2/c1-2-17(13-5-4-8-21-11-13)22-19(25)18-10-15(23-24-18)12-26-16-7-3-6-14(20)9-16/h3-11,17H,2,12H2,1H3,(H,22,25)(H,23,24)/t17-/m0/s1. The Kier molecular flexibility index (Phi) is 5.58. The number of rotatable bonds is 7. The van der Waals surface area contributed by atoms with Crippen molar-refractivity contribution in [3.8, 4) is 5.75 Å². The largest absolute Gasteiger partial charge is 0.487 e. The molecule has 1 aromatic carbocycles. The van der Waals surface area contributed by atoms with Gasteiger partial charge in [-0.05, 0) is 36.2 Å². The summed E-state index contributed by atoms with van der Waals surface area (Å²) in [6, 6.07) is 11.1. The summed E-state index contributed by atoms with van der Waals surface area (Å²) in [5, 5.41) is 9.72. The first-order valence-corrected chi connectivity index (χ1v) is 8.29. The number of carbonyl (C=O) groups excluding carboxylic acids is 1. The molecule has 134 valence electrons. The molecule has 0 fully saturated rings. The summed E-state index contributed by atoms with van der Waals surface area (Å²) in [5.41, 5.74) is 1.83. The van der Waals surface area contributed by atoms with Crippen molar-refractivity contribution in [2.45, 2.75) is 26.0 Å². The van der Waals surface area contributed by atoms with Gasteiger partial charge in [-0.1, -0.05) is 19.1 Å². The Morgan fingerprint density at radius 2 is 2.19 bits per heavy atom. The molecule has 0 saturated carbocycles. The summed E-state index contributed by atoms with van der Waals surface area (Å²) in [7, 11) is 0. The lowest BCUT2D eigenvalue weighted by Gasteiger charge is -2.16. The molecule has 0 spiro atoms. The van der Waals surface area contributed by atoms with Crippen LogP contribution >= 0.6 is 0 Å². The van der Waals surface area contributed by atoms with E-state index < -0.39 is 0 Å². The van der Waals surface area contributed by atoms with E-state index in [0.717, 1.165) is 12.0 Å². The van der Waals surface area contributed by atoms with Gasteiger partial charge in [0.1, 0.15) is 23.9 Å². The van der Waals surface area contributed by atoms with Gasteiger partial charge in [0.2, 0.25) is 0 Å². The van der Waals surface area contributed by atoms with Crippen LogP contribution in [0.4, 0.5) is 4.39 Å². The summed E-state index contributed by atoms with van der Waals surface area (Å²) < 4.78 is 18.6. The highest BCUT2D eigenvalue weighted by molar-refractivity contribution is 5.92. The zero-order valence-corrected chi connectivity index (χ0v) is 14.3. The van der Waals surface area contributed by atoms with Crippen molar-refractivity contribution < 1.29 is 13.9 Å². The number of benzene rings is 1. The van der Waals surface area contributed by atoms with E-state index in [-0.39, 0.29) is 30.1 Å². The number of carbonyl (C=O) groups is 1. The molecule has 0 radical (unpaired) electrons. The summed E-state index contributed by atoms with van der Waals surface area (Å²) in [5.74, 6) is -0.240. The minimum absolute atomic E-state index is 0.139. The average molecular weight is 354 g/mol. The van der Waals surface area contributed by atoms with Gasteiger partial charge in [0.25, 0.3) is 5.91 Å². The fourth-order valence-corrected chi connectivity index (χ4v) is 2.51. The number of H-pyrrole nitrogens is 1. The smallest absolute Gasteiger partial charge is 0.272 e. The summed E-state index contributed by atoms with van der Waals surface area (Å²) >= 11 is 0. The molecule has 6 nitrogen and oxygen atoms in total. The number of hydrogen-bond donors (Lipinski definition) is 2. The minimum Gasteiger partial charge on any atom is -0.487 e. The maximum absolute atomic E-state index is 13.1. The normalized spacial score (nSPS) is 11.8. The van der Waals surface area contributed by atoms with Crippen molar-refractivity contribution in [2.24, 2.45) is 0 Å². The molecule has 1 atom stereocenters. The number of ether oxygens (including phenoxy) is 1. The Bertz CT molecular complexity index is 867. The molecule has 2 N–H and O–H groups in total. The Hall–Kier alpha value is -3.22. The molecule has 26 heavy (non-hydrogen) atoms. The predicted molar refractivity (Wildman–Crippen MR) is 94.1 cm³/mol. The highest BCUT2D eigenvalue weighted by atomic mass is 19.1. The Morgan fingerprint density at radius 1 is 1.31 bits per heavy atom. The average Bonchev–Trinajstić information content (AvgIpc) is 3.14. The van der Waals surface area contributed by atoms with Gasteiger partial charge in [-0.25, -0.2) is 4.39 Å². The van der Waals surface area contributed by atoms with E-state index in [2.05, 4.69) is 20.5 Å². The monoisotopic (exact) mass is 354 g/mol. The van der Waals surface area contributed by atoms with E-state index in [1.807, 2.05) is 19.1 Å². The van der Waals surface area contributed by atoms with E-state index in [1.54, 1.807) is 30.6 Å². The Morgan fingerprint density at radius 3 is 2.92 bits per heavy atom. The fourth-order valence-electron chi connectivity index (χ4n) is 2.51. The lowest BCUT2D eigenvalue weighted by molar-refractivity contribution is 0.0930. The molecule has 2 aromatic heterocycles. The fraction of sp³-hybridized carbons (Fsp3) is 0.211. The van der Waals surface area contributed by atoms with E-state index in [0.29, 0.717) is 11.4 Å². The van der Waals surface area contributed by atoms with Gasteiger partial charge in [0, 0.05) is 18.5 Å². The van der Waals surface area contributed by atoms with Crippen LogP contribution in [0.25, 0.3) is 0 Å². The second-order valence-electron chi connectivity index (χ2n) is 5.75. The van der Waals surface area contributed by atoms with Crippen LogP contribution in [0, 0.1) is 5.82 Å². The zero-order chi connectivity index (χ0) is 18.4. The van der Waals surface area contributed by atoms with Gasteiger partial charge in [-0.15, -0.1) is 0 Å². The highest BCUT2D eigenvalue weighted by Gasteiger charge is 2.16. The number of aromatic amines is 1. The van der Waals surface area contributed by atoms with Crippen LogP contribution in [0.5, 0.6) is 5.75 Å². The van der Waals surface area contributed by atoms with Gasteiger partial charge in [0.05, 0.1) is 11.7 Å². The summed E-state index contributed by atoms with van der Waals surface area (Å²) in [6.45, 7) is 2.14. The summed E-state index contributed by atoms with van der Waals surface area (Å²) in [4.78, 5) is 16.5. The third-order valence-electron chi connectivity index (χ3n) is 3.85. The zero-order valence-electron chi connectivity index (χ0n) is 14.3. The Balaban J connectivity index is 1.60. The molecule has 0 saturated heterocycles. The van der Waals surface area contributed by atoms with Crippen molar-refractivity contribution in [2.75, 3.05) is 0 Å². The van der Waals surface area contributed by atoms with Crippen molar-refractivity contribution in [1.29, 1.82) is 0 Å². The number of nitrogens with zero attached hydrogens (tertiary/aromatic N) is 2. The van der Waals surface area contributed by atoms with Crippen molar-refractivity contribution >= 4 is 5.91 Å². The molecule has 0 aliphatic carbocycles. The molecule has 3 rings (SSSR count). The number of aromatic nitrogens is 3. The van der Waals surface area contributed by atoms with Crippen LogP contribution in [0.15, 0.2) is 54.9 Å². The first kappa shape index (κ1) is 17.6. The molecule has 1 amide bonds. The van der Waals surface area contributed by atoms with Gasteiger partial charge < -0.3 is 10.1 Å². The number of nitrogens with one attached hydrogen (secondary N) is 2. The predicted octanol–water partition coefficient (Wildman–Crippen LogP) is 3.40. The van der Waals surface area contributed by atoms with E-state index in [1.165, 1.54) is 12.1 Å². The second kappa shape index (κ2) is 8.24. The van der Waals surface area contributed by atoms with E-state index in [9.17, 15) is 9.18 Å². The molecular formula is C19H19FN4O2. The molecular weight excluding hydrogens is 335 g/mol. The molecule has 3 aromatic rings. The van der Waals surface area contributed by atoms with Gasteiger partial charge in [-0.2, -0.15) is 5.10 Å². The number of halogens is 1. The third-order valence-corrected chi connectivity index (χ3v) is 3.85. The topological polar surface area (TPSA) is 79.9 Å². The number of hydrogen-bond acceptors (Lipinski definition) is 4. The number of amides is 1. The van der Waals surface area contributed by atoms with Crippen LogP contribution in [-0.4, -0.2) is 21.1 Å². The molecule has 2 heterocycles. The van der Waals surface area contributed by atoms with Gasteiger partial charge >= 0.3 is 0 Å². The van der Waals surface area contributed by atoms with E-state index in [4.69, 9.17) is 4.74 Å². The highest BCUT2D eigenvalue weighted by Crippen LogP contribution is 2.16. The minimum atomic E-state index is -0.367. The first-order chi connectivity index (χ1) is 12.7. The maximum Gasteiger partial charge on any atom is 0.272 e. The van der Waals surface area contributed by atoms with Crippen molar-refractivity contribution in [1.82, 2.24) is 20.5 Å². The second-order valence-corrected chi connectivity index (χ2v) is 5.75. The van der Waals surface area contributed by atoms with Gasteiger partial charge in [0.15, 0.2) is 0 Å². The quantitative estimate of drug-likeness (QED) is 0.681. The molecule has 0 unspecified atom stereocenters. The Labute approximate surface area is 150 Å². The van der Waals surface area contributed by atoms with Crippen LogP contribution in [-0.2, 0) is 6.61 Å². The van der Waals surface area contributed by atoms with Gasteiger partial charge in [-0.3, -0.25) is 14.9 Å². The third kappa shape index (κ3) is 4.44. The van der Waals surface area contributed by atoms with Crippen LogP contribution in [0.3, 0.4) is 0 Å². The molecule has 7 heteroatoms. The van der Waals surface area contributed by atoms with Crippen LogP contribution in [0.1, 0.15) is 41.1 Å².